The molecule has 0 aromatic heterocycles. The fourth-order valence-corrected chi connectivity index (χ4v) is 3.62. The van der Waals surface area contributed by atoms with Crippen molar-refractivity contribution in [3.8, 4) is 35.0 Å². The molecule has 1 aliphatic rings. The van der Waals surface area contributed by atoms with Gasteiger partial charge in [0.25, 0.3) is 5.91 Å². The molecule has 1 aliphatic heterocycles. The Hall–Kier alpha value is -3.46. The fourth-order valence-electron chi connectivity index (χ4n) is 3.62. The van der Waals surface area contributed by atoms with Crippen LogP contribution in [0, 0.1) is 12.3 Å². The largest absolute Gasteiger partial charge is 0.497 e. The van der Waals surface area contributed by atoms with Crippen molar-refractivity contribution >= 4 is 11.8 Å². The minimum Gasteiger partial charge on any atom is -0.497 e. The third-order valence-electron chi connectivity index (χ3n) is 4.88. The maximum Gasteiger partial charge on any atom is 0.256 e. The van der Waals surface area contributed by atoms with Gasteiger partial charge in [0, 0.05) is 5.54 Å². The zero-order valence-corrected chi connectivity index (χ0v) is 17.9. The van der Waals surface area contributed by atoms with Crippen molar-refractivity contribution in [1.29, 1.82) is 0 Å². The molecule has 0 fully saturated rings. The van der Waals surface area contributed by atoms with Crippen molar-refractivity contribution in [2.75, 3.05) is 20.8 Å². The summed E-state index contributed by atoms with van der Waals surface area (Å²) in [7, 11) is 3.10. The van der Waals surface area contributed by atoms with Crippen LogP contribution < -0.4 is 14.8 Å². The van der Waals surface area contributed by atoms with E-state index in [4.69, 9.17) is 15.9 Å². The number of rotatable bonds is 4. The molecule has 2 aromatic rings. The maximum atomic E-state index is 13.6. The lowest BCUT2D eigenvalue weighted by molar-refractivity contribution is -0.127. The molecule has 30 heavy (non-hydrogen) atoms. The summed E-state index contributed by atoms with van der Waals surface area (Å²) in [6.07, 6.45) is 5.59. The minimum atomic E-state index is -0.906. The average Bonchev–Trinajstić information content (AvgIpc) is 2.80. The van der Waals surface area contributed by atoms with Gasteiger partial charge in [-0.3, -0.25) is 9.59 Å². The second-order valence-corrected chi connectivity index (χ2v) is 8.14. The summed E-state index contributed by atoms with van der Waals surface area (Å²) in [5.41, 5.74) is 2.09. The zero-order valence-electron chi connectivity index (χ0n) is 17.9. The fraction of sp³-hybridized carbons (Fsp3) is 0.333. The molecule has 0 spiro atoms. The molecule has 0 radical (unpaired) electrons. The number of benzene rings is 2. The molecule has 6 nitrogen and oxygen atoms in total. The highest BCUT2D eigenvalue weighted by atomic mass is 16.5. The van der Waals surface area contributed by atoms with Crippen molar-refractivity contribution in [3.05, 3.63) is 47.5 Å². The summed E-state index contributed by atoms with van der Waals surface area (Å²) in [5.74, 6) is 3.03. The maximum absolute atomic E-state index is 13.6. The van der Waals surface area contributed by atoms with Crippen LogP contribution >= 0.6 is 0 Å². The predicted molar refractivity (Wildman–Crippen MR) is 115 cm³/mol. The first-order valence-electron chi connectivity index (χ1n) is 9.63. The van der Waals surface area contributed by atoms with Gasteiger partial charge in [0.05, 0.1) is 26.3 Å². The topological polar surface area (TPSA) is 67.9 Å². The highest BCUT2D eigenvalue weighted by molar-refractivity contribution is 6.06. The zero-order chi connectivity index (χ0) is 22.1. The molecule has 156 valence electrons. The lowest BCUT2D eigenvalue weighted by Crippen LogP contribution is -2.49. The van der Waals surface area contributed by atoms with Crippen LogP contribution in [0.1, 0.15) is 42.7 Å². The molecular formula is C24H26N2O4. The van der Waals surface area contributed by atoms with Crippen LogP contribution in [-0.2, 0) is 4.79 Å². The van der Waals surface area contributed by atoms with E-state index in [0.717, 1.165) is 5.56 Å². The first-order valence-corrected chi connectivity index (χ1v) is 9.63. The van der Waals surface area contributed by atoms with Crippen molar-refractivity contribution in [3.63, 3.8) is 0 Å². The van der Waals surface area contributed by atoms with Gasteiger partial charge >= 0.3 is 0 Å². The summed E-state index contributed by atoms with van der Waals surface area (Å²) in [6.45, 7) is 5.65. The Morgan fingerprint density at radius 1 is 1.07 bits per heavy atom. The van der Waals surface area contributed by atoms with E-state index in [1.54, 1.807) is 32.4 Å². The van der Waals surface area contributed by atoms with Gasteiger partial charge in [-0.25, -0.2) is 0 Å². The van der Waals surface area contributed by atoms with Crippen LogP contribution in [0.15, 0.2) is 36.4 Å². The normalized spacial score (nSPS) is 15.4. The van der Waals surface area contributed by atoms with Crippen molar-refractivity contribution in [1.82, 2.24) is 10.2 Å². The molecule has 1 heterocycles. The number of carbonyl (C=O) groups excluding carboxylic acids is 2. The number of hydrogen-bond acceptors (Lipinski definition) is 4. The van der Waals surface area contributed by atoms with Crippen LogP contribution in [-0.4, -0.2) is 43.0 Å². The van der Waals surface area contributed by atoms with Gasteiger partial charge in [-0.15, -0.1) is 6.42 Å². The molecular weight excluding hydrogens is 380 g/mol. The van der Waals surface area contributed by atoms with Crippen molar-refractivity contribution < 1.29 is 19.1 Å². The number of nitrogens with zero attached hydrogens (tertiary/aromatic N) is 1. The van der Waals surface area contributed by atoms with Crippen LogP contribution in [0.5, 0.6) is 11.5 Å². The van der Waals surface area contributed by atoms with E-state index in [0.29, 0.717) is 28.2 Å². The Labute approximate surface area is 177 Å². The first-order chi connectivity index (χ1) is 14.2. The van der Waals surface area contributed by atoms with Crippen LogP contribution in [0.3, 0.4) is 0 Å². The molecule has 2 amide bonds. The van der Waals surface area contributed by atoms with Crippen LogP contribution in [0.2, 0.25) is 0 Å². The highest BCUT2D eigenvalue weighted by Gasteiger charge is 2.39. The van der Waals surface area contributed by atoms with E-state index in [9.17, 15) is 9.59 Å². The van der Waals surface area contributed by atoms with Gasteiger partial charge in [0.2, 0.25) is 5.91 Å². The second-order valence-electron chi connectivity index (χ2n) is 8.14. The number of nitrogens with one attached hydrogen (secondary N) is 1. The van der Waals surface area contributed by atoms with Gasteiger partial charge in [0.1, 0.15) is 17.5 Å². The van der Waals surface area contributed by atoms with Gasteiger partial charge in [-0.05, 0) is 67.8 Å². The Morgan fingerprint density at radius 3 is 2.23 bits per heavy atom. The summed E-state index contributed by atoms with van der Waals surface area (Å²) >= 11 is 0. The predicted octanol–water partition coefficient (Wildman–Crippen LogP) is 3.42. The third kappa shape index (κ3) is 3.97. The van der Waals surface area contributed by atoms with Gasteiger partial charge in [0.15, 0.2) is 0 Å². The molecule has 0 saturated carbocycles. The van der Waals surface area contributed by atoms with Crippen LogP contribution in [0.25, 0.3) is 11.1 Å². The number of ether oxygens (including phenoxy) is 2. The Bertz CT molecular complexity index is 1030. The number of hydrogen-bond donors (Lipinski definition) is 1. The molecule has 2 aromatic carbocycles. The molecule has 6 heteroatoms. The minimum absolute atomic E-state index is 0.0195. The average molecular weight is 406 g/mol. The third-order valence-corrected chi connectivity index (χ3v) is 4.88. The SMILES string of the molecule is C#CCN1C(=O)c2cc(OC)ccc2-c2ccc(OC)cc2C1C(=O)NC(C)(C)C. The van der Waals surface area contributed by atoms with Crippen molar-refractivity contribution in [2.24, 2.45) is 0 Å². The Balaban J connectivity index is 2.31. The lowest BCUT2D eigenvalue weighted by atomic mass is 9.92. The Kier molecular flexibility index (Phi) is 5.75. The highest BCUT2D eigenvalue weighted by Crippen LogP contribution is 2.41. The number of terminal acetylenes is 1. The molecule has 0 aliphatic carbocycles. The van der Waals surface area contributed by atoms with E-state index >= 15 is 0 Å². The molecule has 1 N–H and O–H groups in total. The van der Waals surface area contributed by atoms with E-state index in [1.807, 2.05) is 39.0 Å². The van der Waals surface area contributed by atoms with Gasteiger partial charge < -0.3 is 19.7 Å². The number of fused-ring (bicyclic) bond motifs is 3. The molecule has 1 atom stereocenters. The molecule has 0 saturated heterocycles. The smallest absolute Gasteiger partial charge is 0.256 e. The van der Waals surface area contributed by atoms with Gasteiger partial charge in [-0.2, -0.15) is 0 Å². The number of methoxy groups -OCH3 is 2. The molecule has 0 bridgehead atoms. The Morgan fingerprint density at radius 2 is 1.67 bits per heavy atom. The summed E-state index contributed by atoms with van der Waals surface area (Å²) in [4.78, 5) is 28.4. The van der Waals surface area contributed by atoms with Crippen molar-refractivity contribution in [2.45, 2.75) is 32.4 Å². The quantitative estimate of drug-likeness (QED) is 0.790. The molecule has 1 unspecified atom stereocenters. The van der Waals surface area contributed by atoms with E-state index in [2.05, 4.69) is 11.2 Å². The monoisotopic (exact) mass is 406 g/mol. The van der Waals surface area contributed by atoms with E-state index in [1.165, 1.54) is 4.90 Å². The number of carbonyl (C=O) groups is 2. The summed E-state index contributed by atoms with van der Waals surface area (Å²) in [5, 5.41) is 2.99. The van der Waals surface area contributed by atoms with E-state index < -0.39 is 11.6 Å². The second kappa shape index (κ2) is 8.11. The standard InChI is InChI=1S/C24H26N2O4/c1-7-12-26-21(22(27)25-24(2,3)4)19-13-15(29-5)8-10-17(19)18-11-9-16(30-6)14-20(18)23(26)28/h1,8-11,13-14,21H,12H2,2-6H3,(H,25,27). The van der Waals surface area contributed by atoms with Crippen LogP contribution in [0.4, 0.5) is 0 Å². The molecule has 3 rings (SSSR count). The van der Waals surface area contributed by atoms with E-state index in [-0.39, 0.29) is 18.4 Å². The first kappa shape index (κ1) is 21.3. The lowest BCUT2D eigenvalue weighted by Gasteiger charge is -2.32. The summed E-state index contributed by atoms with van der Waals surface area (Å²) < 4.78 is 10.7. The summed E-state index contributed by atoms with van der Waals surface area (Å²) in [6, 6.07) is 9.86. The number of amides is 2. The van der Waals surface area contributed by atoms with Gasteiger partial charge in [-0.1, -0.05) is 12.0 Å².